The summed E-state index contributed by atoms with van der Waals surface area (Å²) >= 11 is 0. The quantitative estimate of drug-likeness (QED) is 0.794. The number of aryl methyl sites for hydroxylation is 1. The van der Waals surface area contributed by atoms with Crippen LogP contribution >= 0.6 is 0 Å². The summed E-state index contributed by atoms with van der Waals surface area (Å²) < 4.78 is 1.92. The first kappa shape index (κ1) is 21.2. The van der Waals surface area contributed by atoms with E-state index in [0.717, 1.165) is 25.7 Å². The zero-order valence-electron chi connectivity index (χ0n) is 19.6. The van der Waals surface area contributed by atoms with Crippen LogP contribution in [-0.4, -0.2) is 58.3 Å². The summed E-state index contributed by atoms with van der Waals surface area (Å²) in [6, 6.07) is 10.5. The van der Waals surface area contributed by atoms with Crippen molar-refractivity contribution in [1.82, 2.24) is 24.9 Å². The molecule has 1 aromatic heterocycles. The monoisotopic (exact) mass is 421 g/mol. The van der Waals surface area contributed by atoms with E-state index in [-0.39, 0.29) is 0 Å². The van der Waals surface area contributed by atoms with Gasteiger partial charge in [-0.25, -0.2) is 0 Å². The fourth-order valence-electron chi connectivity index (χ4n) is 6.40. The van der Waals surface area contributed by atoms with E-state index in [0.29, 0.717) is 17.4 Å². The van der Waals surface area contributed by atoms with E-state index in [4.69, 9.17) is 0 Å². The number of hydrogen-bond donors (Lipinski definition) is 1. The molecule has 0 unspecified atom stereocenters. The minimum Gasteiger partial charge on any atom is -0.317 e. The van der Waals surface area contributed by atoms with Gasteiger partial charge in [0.25, 0.3) is 0 Å². The highest BCUT2D eigenvalue weighted by molar-refractivity contribution is 5.33. The molecule has 5 heteroatoms. The molecule has 0 bridgehead atoms. The molecule has 2 saturated heterocycles. The molecule has 1 aliphatic carbocycles. The molecular formula is C26H39N5. The highest BCUT2D eigenvalue weighted by atomic mass is 15.3. The molecule has 5 rings (SSSR count). The Bertz CT molecular complexity index is 873. The molecule has 5 nitrogen and oxygen atoms in total. The summed E-state index contributed by atoms with van der Waals surface area (Å²) in [4.78, 5) is 5.53. The maximum absolute atomic E-state index is 4.38. The van der Waals surface area contributed by atoms with Gasteiger partial charge in [-0.05, 0) is 61.2 Å². The fourth-order valence-corrected chi connectivity index (χ4v) is 6.40. The lowest BCUT2D eigenvalue weighted by Gasteiger charge is -2.57. The Morgan fingerprint density at radius 2 is 1.90 bits per heavy atom. The molecule has 1 N–H and O–H groups in total. The first-order chi connectivity index (χ1) is 15.0. The van der Waals surface area contributed by atoms with Gasteiger partial charge in [0.05, 0.1) is 6.20 Å². The smallest absolute Gasteiger partial charge is 0.0534 e. The number of piperidine rings is 1. The molecule has 0 amide bonds. The van der Waals surface area contributed by atoms with Crippen LogP contribution in [0.25, 0.3) is 0 Å². The van der Waals surface area contributed by atoms with E-state index in [1.807, 2.05) is 17.9 Å². The van der Waals surface area contributed by atoms with Crippen molar-refractivity contribution in [2.24, 2.45) is 12.5 Å². The van der Waals surface area contributed by atoms with Gasteiger partial charge in [0.15, 0.2) is 0 Å². The SMILES string of the molecule is CC(C)c1ccccc1[C@@H]1CN(Cc2cnn(C)c2)CCN1C1CC2(CCNCC2)C1. The van der Waals surface area contributed by atoms with Gasteiger partial charge >= 0.3 is 0 Å². The molecule has 1 spiro atoms. The predicted octanol–water partition coefficient (Wildman–Crippen LogP) is 3.93. The number of aromatic nitrogens is 2. The molecule has 3 aliphatic rings. The lowest BCUT2D eigenvalue weighted by atomic mass is 9.60. The van der Waals surface area contributed by atoms with Crippen molar-refractivity contribution in [2.45, 2.75) is 64.1 Å². The van der Waals surface area contributed by atoms with Gasteiger partial charge in [0.1, 0.15) is 0 Å². The summed E-state index contributed by atoms with van der Waals surface area (Å²) in [6.45, 7) is 11.6. The molecule has 3 heterocycles. The Hall–Kier alpha value is -1.69. The molecule has 0 radical (unpaired) electrons. The molecule has 2 aromatic rings. The lowest BCUT2D eigenvalue weighted by Crippen LogP contribution is -2.59. The molecule has 2 aliphatic heterocycles. The van der Waals surface area contributed by atoms with Crippen LogP contribution in [-0.2, 0) is 13.6 Å². The van der Waals surface area contributed by atoms with E-state index >= 15 is 0 Å². The number of piperazine rings is 1. The van der Waals surface area contributed by atoms with Crippen molar-refractivity contribution in [3.05, 3.63) is 53.3 Å². The Morgan fingerprint density at radius 1 is 1.13 bits per heavy atom. The second-order valence-electron chi connectivity index (χ2n) is 10.6. The molecule has 1 saturated carbocycles. The van der Waals surface area contributed by atoms with Gasteiger partial charge in [-0.3, -0.25) is 14.5 Å². The maximum Gasteiger partial charge on any atom is 0.0534 e. The zero-order valence-corrected chi connectivity index (χ0v) is 19.6. The van der Waals surface area contributed by atoms with Crippen LogP contribution in [0.4, 0.5) is 0 Å². The zero-order chi connectivity index (χ0) is 21.4. The van der Waals surface area contributed by atoms with Crippen LogP contribution in [0.5, 0.6) is 0 Å². The van der Waals surface area contributed by atoms with Crippen molar-refractivity contribution >= 4 is 0 Å². The minimum atomic E-state index is 0.494. The number of nitrogens with one attached hydrogen (secondary N) is 1. The summed E-state index contributed by atoms with van der Waals surface area (Å²) in [5.74, 6) is 0.559. The van der Waals surface area contributed by atoms with Crippen LogP contribution in [0.2, 0.25) is 0 Å². The van der Waals surface area contributed by atoms with Crippen LogP contribution in [0.3, 0.4) is 0 Å². The second kappa shape index (κ2) is 8.68. The van der Waals surface area contributed by atoms with Gasteiger partial charge in [-0.2, -0.15) is 5.10 Å². The molecule has 1 aromatic carbocycles. The maximum atomic E-state index is 4.38. The van der Waals surface area contributed by atoms with Gasteiger partial charge in [0, 0.05) is 57.1 Å². The number of hydrogen-bond acceptors (Lipinski definition) is 4. The first-order valence-corrected chi connectivity index (χ1v) is 12.3. The van der Waals surface area contributed by atoms with Crippen LogP contribution in [0.15, 0.2) is 36.7 Å². The van der Waals surface area contributed by atoms with E-state index < -0.39 is 0 Å². The van der Waals surface area contributed by atoms with E-state index in [1.165, 1.54) is 56.4 Å². The van der Waals surface area contributed by atoms with Crippen LogP contribution < -0.4 is 5.32 Å². The van der Waals surface area contributed by atoms with Gasteiger partial charge in [-0.1, -0.05) is 38.1 Å². The third-order valence-electron chi connectivity index (χ3n) is 8.12. The third kappa shape index (κ3) is 4.33. The molecule has 3 fully saturated rings. The Morgan fingerprint density at radius 3 is 2.61 bits per heavy atom. The number of benzene rings is 1. The van der Waals surface area contributed by atoms with Gasteiger partial charge < -0.3 is 5.32 Å². The average Bonchev–Trinajstić information content (AvgIpc) is 3.17. The van der Waals surface area contributed by atoms with Crippen LogP contribution in [0.1, 0.15) is 68.2 Å². The van der Waals surface area contributed by atoms with Crippen molar-refractivity contribution in [3.8, 4) is 0 Å². The largest absolute Gasteiger partial charge is 0.317 e. The third-order valence-corrected chi connectivity index (χ3v) is 8.12. The predicted molar refractivity (Wildman–Crippen MR) is 126 cm³/mol. The average molecular weight is 422 g/mol. The summed E-state index contributed by atoms with van der Waals surface area (Å²) in [7, 11) is 2.01. The van der Waals surface area contributed by atoms with Gasteiger partial charge in [0.2, 0.25) is 0 Å². The highest BCUT2D eigenvalue weighted by Crippen LogP contribution is 2.52. The molecule has 168 valence electrons. The highest BCUT2D eigenvalue weighted by Gasteiger charge is 2.49. The Labute approximate surface area is 187 Å². The number of rotatable bonds is 5. The standard InChI is InChI=1S/C26H39N5/c1-20(2)23-6-4-5-7-24(23)25-19-30(18-21-16-28-29(3)17-21)12-13-31(25)22-14-26(15-22)8-10-27-11-9-26/h4-7,16-17,20,22,25,27H,8-15,18-19H2,1-3H3/t25-/m0/s1. The molecular weight excluding hydrogens is 382 g/mol. The van der Waals surface area contributed by atoms with Crippen molar-refractivity contribution < 1.29 is 0 Å². The summed E-state index contributed by atoms with van der Waals surface area (Å²) in [5, 5.41) is 7.95. The second-order valence-corrected chi connectivity index (χ2v) is 10.6. The normalized spacial score (nSPS) is 25.2. The van der Waals surface area contributed by atoms with E-state index in [2.05, 4.69) is 64.5 Å². The lowest BCUT2D eigenvalue weighted by molar-refractivity contribution is -0.0650. The van der Waals surface area contributed by atoms with E-state index in [9.17, 15) is 0 Å². The number of nitrogens with zero attached hydrogens (tertiary/aromatic N) is 4. The van der Waals surface area contributed by atoms with Crippen molar-refractivity contribution in [2.75, 3.05) is 32.7 Å². The molecule has 1 atom stereocenters. The van der Waals surface area contributed by atoms with Crippen molar-refractivity contribution in [1.29, 1.82) is 0 Å². The Kier molecular flexibility index (Phi) is 5.93. The van der Waals surface area contributed by atoms with Crippen LogP contribution in [0, 0.1) is 5.41 Å². The molecule has 31 heavy (non-hydrogen) atoms. The van der Waals surface area contributed by atoms with Gasteiger partial charge in [-0.15, -0.1) is 0 Å². The Balaban J connectivity index is 1.37. The fraction of sp³-hybridized carbons (Fsp3) is 0.654. The first-order valence-electron chi connectivity index (χ1n) is 12.3. The minimum absolute atomic E-state index is 0.494. The topological polar surface area (TPSA) is 36.3 Å². The summed E-state index contributed by atoms with van der Waals surface area (Å²) in [5.41, 5.74) is 5.03. The van der Waals surface area contributed by atoms with E-state index in [1.54, 1.807) is 5.56 Å². The summed E-state index contributed by atoms with van der Waals surface area (Å²) in [6.07, 6.45) is 9.73. The van der Waals surface area contributed by atoms with Crippen molar-refractivity contribution in [3.63, 3.8) is 0 Å².